The predicted molar refractivity (Wildman–Crippen MR) is 80.9 cm³/mol. The van der Waals surface area contributed by atoms with Crippen molar-refractivity contribution >= 4 is 16.7 Å². The zero-order valence-electron chi connectivity index (χ0n) is 11.0. The van der Waals surface area contributed by atoms with Crippen molar-refractivity contribution in [3.8, 4) is 0 Å². The quantitative estimate of drug-likeness (QED) is 0.788. The van der Waals surface area contributed by atoms with Crippen LogP contribution in [0.15, 0.2) is 65.6 Å². The summed E-state index contributed by atoms with van der Waals surface area (Å²) in [5, 5.41) is 3.30. The molecule has 0 spiro atoms. The van der Waals surface area contributed by atoms with Crippen LogP contribution in [0, 0.1) is 0 Å². The first kappa shape index (κ1) is 12.4. The highest BCUT2D eigenvalue weighted by atomic mass is 16.1. The maximum atomic E-state index is 11.9. The largest absolute Gasteiger partial charge is 0.383 e. The second-order valence-corrected chi connectivity index (χ2v) is 4.53. The number of anilines is 1. The molecule has 0 bridgehead atoms. The second kappa shape index (κ2) is 5.57. The van der Waals surface area contributed by atoms with Crippen LogP contribution in [-0.2, 0) is 6.54 Å². The molecule has 0 aliphatic carbocycles. The first-order valence-corrected chi connectivity index (χ1v) is 6.58. The Morgan fingerprint density at radius 3 is 2.60 bits per heavy atom. The molecule has 3 rings (SSSR count). The minimum absolute atomic E-state index is 0.0708. The van der Waals surface area contributed by atoms with Gasteiger partial charge in [0, 0.05) is 18.8 Å². The number of fused-ring (bicyclic) bond motifs is 1. The Labute approximate surface area is 116 Å². The lowest BCUT2D eigenvalue weighted by Gasteiger charge is -2.10. The van der Waals surface area contributed by atoms with E-state index in [1.54, 1.807) is 4.57 Å². The smallest absolute Gasteiger partial charge is 0.269 e. The van der Waals surface area contributed by atoms with Crippen LogP contribution in [0.1, 0.15) is 0 Å². The summed E-state index contributed by atoms with van der Waals surface area (Å²) >= 11 is 0. The van der Waals surface area contributed by atoms with Crippen molar-refractivity contribution in [2.75, 3.05) is 11.9 Å². The lowest BCUT2D eigenvalue weighted by Crippen LogP contribution is -2.24. The number of nitrogens with one attached hydrogen (secondary N) is 1. The van der Waals surface area contributed by atoms with Gasteiger partial charge in [-0.15, -0.1) is 0 Å². The van der Waals surface area contributed by atoms with Crippen LogP contribution < -0.4 is 10.9 Å². The topological polar surface area (TPSA) is 46.9 Å². The molecule has 4 heteroatoms. The third-order valence-corrected chi connectivity index (χ3v) is 3.19. The van der Waals surface area contributed by atoms with E-state index in [0.717, 1.165) is 16.7 Å². The highest BCUT2D eigenvalue weighted by Crippen LogP contribution is 2.08. The first-order chi connectivity index (χ1) is 9.84. The maximum Gasteiger partial charge on any atom is 0.269 e. The van der Waals surface area contributed by atoms with Crippen LogP contribution in [0.2, 0.25) is 0 Å². The Balaban J connectivity index is 1.81. The van der Waals surface area contributed by atoms with Crippen molar-refractivity contribution in [1.82, 2.24) is 9.55 Å². The fraction of sp³-hybridized carbons (Fsp3) is 0.125. The molecule has 20 heavy (non-hydrogen) atoms. The Hall–Kier alpha value is -2.62. The minimum atomic E-state index is -0.0708. The Bertz CT molecular complexity index is 765. The van der Waals surface area contributed by atoms with Gasteiger partial charge in [-0.2, -0.15) is 0 Å². The summed E-state index contributed by atoms with van der Waals surface area (Å²) in [6.07, 6.45) is 1.38. The van der Waals surface area contributed by atoms with E-state index in [0.29, 0.717) is 13.1 Å². The standard InChI is InChI=1S/C16H15N3O/c20-16-12-18-14-8-4-5-9-15(14)19(16)11-10-17-13-6-2-1-3-7-13/h1-9,12,17H,10-11H2. The molecule has 0 unspecified atom stereocenters. The zero-order valence-corrected chi connectivity index (χ0v) is 11.0. The molecule has 0 atom stereocenters. The summed E-state index contributed by atoms with van der Waals surface area (Å²) in [6.45, 7) is 1.30. The molecule has 1 heterocycles. The predicted octanol–water partition coefficient (Wildman–Crippen LogP) is 2.51. The van der Waals surface area contributed by atoms with Crippen molar-refractivity contribution < 1.29 is 0 Å². The molecule has 0 aliphatic heterocycles. The number of para-hydroxylation sites is 3. The molecule has 3 aromatic rings. The molecule has 2 aromatic carbocycles. The van der Waals surface area contributed by atoms with Gasteiger partial charge in [-0.1, -0.05) is 30.3 Å². The van der Waals surface area contributed by atoms with E-state index in [4.69, 9.17) is 0 Å². The monoisotopic (exact) mass is 265 g/mol. The number of nitrogens with zero attached hydrogens (tertiary/aromatic N) is 2. The normalized spacial score (nSPS) is 10.6. The van der Waals surface area contributed by atoms with Gasteiger partial charge < -0.3 is 9.88 Å². The average Bonchev–Trinajstić information content (AvgIpc) is 2.50. The molecular weight excluding hydrogens is 250 g/mol. The van der Waals surface area contributed by atoms with Crippen molar-refractivity contribution in [2.24, 2.45) is 0 Å². The lowest BCUT2D eigenvalue weighted by atomic mass is 10.3. The SMILES string of the molecule is O=c1cnc2ccccc2n1CCNc1ccccc1. The van der Waals surface area contributed by atoms with Gasteiger partial charge in [0.2, 0.25) is 0 Å². The van der Waals surface area contributed by atoms with Crippen LogP contribution in [0.4, 0.5) is 5.69 Å². The highest BCUT2D eigenvalue weighted by Gasteiger charge is 2.02. The van der Waals surface area contributed by atoms with Crippen molar-refractivity contribution in [2.45, 2.75) is 6.54 Å². The minimum Gasteiger partial charge on any atom is -0.383 e. The zero-order chi connectivity index (χ0) is 13.8. The molecule has 1 N–H and O–H groups in total. The van der Waals surface area contributed by atoms with Crippen molar-refractivity contribution in [3.63, 3.8) is 0 Å². The summed E-state index contributed by atoms with van der Waals surface area (Å²) < 4.78 is 1.75. The lowest BCUT2D eigenvalue weighted by molar-refractivity contribution is 0.721. The van der Waals surface area contributed by atoms with E-state index >= 15 is 0 Å². The number of aromatic nitrogens is 2. The van der Waals surface area contributed by atoms with Crippen LogP contribution in [-0.4, -0.2) is 16.1 Å². The van der Waals surface area contributed by atoms with E-state index in [9.17, 15) is 4.79 Å². The van der Waals surface area contributed by atoms with Crippen LogP contribution in [0.3, 0.4) is 0 Å². The van der Waals surface area contributed by atoms with Crippen LogP contribution >= 0.6 is 0 Å². The van der Waals surface area contributed by atoms with E-state index in [1.165, 1.54) is 6.20 Å². The second-order valence-electron chi connectivity index (χ2n) is 4.53. The van der Waals surface area contributed by atoms with E-state index < -0.39 is 0 Å². The van der Waals surface area contributed by atoms with Crippen LogP contribution in [0.5, 0.6) is 0 Å². The van der Waals surface area contributed by atoms with Gasteiger partial charge in [-0.05, 0) is 24.3 Å². The summed E-state index contributed by atoms with van der Waals surface area (Å²) in [4.78, 5) is 16.1. The van der Waals surface area contributed by atoms with Gasteiger partial charge in [0.1, 0.15) is 0 Å². The van der Waals surface area contributed by atoms with E-state index in [1.807, 2.05) is 54.6 Å². The fourth-order valence-electron chi connectivity index (χ4n) is 2.21. The number of benzene rings is 2. The first-order valence-electron chi connectivity index (χ1n) is 6.58. The van der Waals surface area contributed by atoms with Crippen molar-refractivity contribution in [3.05, 3.63) is 71.1 Å². The van der Waals surface area contributed by atoms with Crippen LogP contribution in [0.25, 0.3) is 11.0 Å². The Kier molecular flexibility index (Phi) is 3.46. The third kappa shape index (κ3) is 2.54. The molecule has 0 fully saturated rings. The summed E-state index contributed by atoms with van der Waals surface area (Å²) in [7, 11) is 0. The van der Waals surface area contributed by atoms with Gasteiger partial charge in [0.05, 0.1) is 17.2 Å². The van der Waals surface area contributed by atoms with Gasteiger partial charge in [-0.25, -0.2) is 4.98 Å². The number of hydrogen-bond donors (Lipinski definition) is 1. The molecule has 0 radical (unpaired) electrons. The molecule has 0 saturated heterocycles. The molecule has 0 aliphatic rings. The van der Waals surface area contributed by atoms with Gasteiger partial charge >= 0.3 is 0 Å². The molecular formula is C16H15N3O. The molecule has 100 valence electrons. The number of hydrogen-bond acceptors (Lipinski definition) is 3. The number of rotatable bonds is 4. The average molecular weight is 265 g/mol. The molecule has 0 amide bonds. The van der Waals surface area contributed by atoms with E-state index in [2.05, 4.69) is 10.3 Å². The Morgan fingerprint density at radius 1 is 1.00 bits per heavy atom. The summed E-state index contributed by atoms with van der Waals surface area (Å²) in [5.74, 6) is 0. The van der Waals surface area contributed by atoms with E-state index in [-0.39, 0.29) is 5.56 Å². The molecule has 1 aromatic heterocycles. The Morgan fingerprint density at radius 2 is 1.75 bits per heavy atom. The van der Waals surface area contributed by atoms with Crippen molar-refractivity contribution in [1.29, 1.82) is 0 Å². The van der Waals surface area contributed by atoms with Gasteiger partial charge in [-0.3, -0.25) is 4.79 Å². The maximum absolute atomic E-state index is 11.9. The summed E-state index contributed by atoms with van der Waals surface area (Å²) in [5.41, 5.74) is 2.69. The fourth-order valence-corrected chi connectivity index (χ4v) is 2.21. The van der Waals surface area contributed by atoms with Gasteiger partial charge in [0.25, 0.3) is 5.56 Å². The molecule has 4 nitrogen and oxygen atoms in total. The molecule has 0 saturated carbocycles. The highest BCUT2D eigenvalue weighted by molar-refractivity contribution is 5.74. The van der Waals surface area contributed by atoms with Gasteiger partial charge in [0.15, 0.2) is 0 Å². The third-order valence-electron chi connectivity index (χ3n) is 3.19. The summed E-state index contributed by atoms with van der Waals surface area (Å²) in [6, 6.07) is 17.6.